The first-order chi connectivity index (χ1) is 25.6. The van der Waals surface area contributed by atoms with Crippen LogP contribution in [0.25, 0.3) is 0 Å². The van der Waals surface area contributed by atoms with Crippen LogP contribution in [0, 0.1) is 0 Å². The van der Waals surface area contributed by atoms with Gasteiger partial charge in [-0.2, -0.15) is 0 Å². The van der Waals surface area contributed by atoms with E-state index in [2.05, 4.69) is 31.3 Å². The molecular weight excluding hydrogens is 678 g/mol. The molecule has 11 heteroatoms. The van der Waals surface area contributed by atoms with Crippen LogP contribution in [0.1, 0.15) is 187 Å². The molecule has 8 atom stereocenters. The lowest BCUT2D eigenvalue weighted by Gasteiger charge is -2.39. The molecule has 0 aromatic heterocycles. The highest BCUT2D eigenvalue weighted by Crippen LogP contribution is 2.23. The fourth-order valence-electron chi connectivity index (χ4n) is 6.85. The fraction of sp³-hybridized carbons (Fsp3) is 0.905. The van der Waals surface area contributed by atoms with Crippen molar-refractivity contribution in [2.24, 2.45) is 0 Å². The predicted octanol–water partition coefficient (Wildman–Crippen LogP) is 7.23. The minimum Gasteiger partial charge on any atom is -0.479 e. The Kier molecular flexibility index (Phi) is 30.4. The van der Waals surface area contributed by atoms with Crippen LogP contribution in [-0.4, -0.2) is 98.1 Å². The Bertz CT molecular complexity index is 920. The summed E-state index contributed by atoms with van der Waals surface area (Å²) in [5, 5.41) is 64.3. The van der Waals surface area contributed by atoms with Crippen molar-refractivity contribution in [1.82, 2.24) is 5.32 Å². The summed E-state index contributed by atoms with van der Waals surface area (Å²) < 4.78 is 10.8. The van der Waals surface area contributed by atoms with Gasteiger partial charge in [0.15, 0.2) is 12.4 Å². The molecule has 1 fully saturated rings. The normalized spacial score (nSPS) is 22.2. The molecule has 53 heavy (non-hydrogen) atoms. The number of unbranched alkanes of at least 4 members (excludes halogenated alkanes) is 22. The van der Waals surface area contributed by atoms with Crippen molar-refractivity contribution < 1.29 is 49.7 Å². The largest absolute Gasteiger partial charge is 0.479 e. The molecule has 11 nitrogen and oxygen atoms in total. The first-order valence-corrected chi connectivity index (χ1v) is 21.5. The molecule has 312 valence electrons. The number of carbonyl (C=O) groups is 2. The van der Waals surface area contributed by atoms with Crippen molar-refractivity contribution in [3.8, 4) is 0 Å². The molecule has 2 unspecified atom stereocenters. The van der Waals surface area contributed by atoms with E-state index in [0.29, 0.717) is 19.3 Å². The van der Waals surface area contributed by atoms with Crippen LogP contribution in [0.3, 0.4) is 0 Å². The number of nitrogens with one attached hydrogen (secondary N) is 1. The number of rotatable bonds is 35. The number of carbonyl (C=O) groups excluding carboxylic acids is 1. The second-order valence-corrected chi connectivity index (χ2v) is 15.3. The fourth-order valence-corrected chi connectivity index (χ4v) is 6.85. The zero-order chi connectivity index (χ0) is 39.1. The molecule has 0 aromatic carbocycles. The maximum Gasteiger partial charge on any atom is 0.335 e. The Morgan fingerprint density at radius 3 is 1.55 bits per heavy atom. The summed E-state index contributed by atoms with van der Waals surface area (Å²) in [6, 6.07) is -0.984. The zero-order valence-corrected chi connectivity index (χ0v) is 33.4. The molecule has 0 spiro atoms. The van der Waals surface area contributed by atoms with Gasteiger partial charge in [0.05, 0.1) is 18.8 Å². The lowest BCUT2D eigenvalue weighted by molar-refractivity contribution is -0.295. The lowest BCUT2D eigenvalue weighted by Crippen LogP contribution is -2.61. The van der Waals surface area contributed by atoms with Crippen molar-refractivity contribution >= 4 is 11.9 Å². The number of hydrogen-bond donors (Lipinski definition) is 7. The van der Waals surface area contributed by atoms with Gasteiger partial charge in [0.1, 0.15) is 24.4 Å². The van der Waals surface area contributed by atoms with E-state index in [1.807, 2.05) is 0 Å². The number of aliphatic hydroxyl groups excluding tert-OH is 5. The molecule has 7 N–H and O–H groups in total. The smallest absolute Gasteiger partial charge is 0.335 e. The average molecular weight is 758 g/mol. The molecule has 1 heterocycles. The van der Waals surface area contributed by atoms with Gasteiger partial charge in [-0.15, -0.1) is 0 Å². The highest BCUT2D eigenvalue weighted by molar-refractivity contribution is 5.80. The van der Waals surface area contributed by atoms with Gasteiger partial charge in [0, 0.05) is 0 Å². The molecule has 0 aliphatic carbocycles. The van der Waals surface area contributed by atoms with E-state index in [9.17, 15) is 40.2 Å². The molecule has 0 saturated carbocycles. The Balaban J connectivity index is 2.49. The summed E-state index contributed by atoms with van der Waals surface area (Å²) in [5.41, 5.74) is 0. The molecular formula is C42H79NO10. The van der Waals surface area contributed by atoms with Gasteiger partial charge in [-0.1, -0.05) is 161 Å². The van der Waals surface area contributed by atoms with E-state index >= 15 is 0 Å². The minimum atomic E-state index is -1.86. The number of aliphatic hydroxyl groups is 5. The van der Waals surface area contributed by atoms with Crippen LogP contribution in [0.15, 0.2) is 12.2 Å². The standard InChI is InChI=1S/C42H79NO10/c1-3-5-7-9-11-13-15-17-18-19-21-22-24-26-28-30-34(44)33(32-52-42-38(48)36(46)37(47)39(53-42)41(50)51)43-40(49)35(45)31-29-27-25-23-20-16-14-12-10-8-6-4-2/h13,15,33-39,42,44-48H,3-12,14,16-32H2,1-2H3,(H,43,49)(H,50,51)/b15-13+/t33?,34?,35-,36-,37-,38+,39-,42-/m0/s1. The van der Waals surface area contributed by atoms with Crippen molar-refractivity contribution in [2.75, 3.05) is 6.61 Å². The number of carboxylic acids is 1. The topological polar surface area (TPSA) is 186 Å². The zero-order valence-electron chi connectivity index (χ0n) is 33.4. The minimum absolute atomic E-state index is 0.289. The molecule has 1 aliphatic heterocycles. The van der Waals surface area contributed by atoms with Crippen LogP contribution in [0.2, 0.25) is 0 Å². The van der Waals surface area contributed by atoms with Crippen molar-refractivity contribution in [3.05, 3.63) is 12.2 Å². The summed E-state index contributed by atoms with van der Waals surface area (Å²) in [5.74, 6) is -2.18. The lowest BCUT2D eigenvalue weighted by atomic mass is 9.99. The summed E-state index contributed by atoms with van der Waals surface area (Å²) >= 11 is 0. The molecule has 1 amide bonds. The van der Waals surface area contributed by atoms with Gasteiger partial charge in [-0.05, 0) is 38.5 Å². The van der Waals surface area contributed by atoms with Crippen molar-refractivity contribution in [3.63, 3.8) is 0 Å². The summed E-state index contributed by atoms with van der Waals surface area (Å²) in [4.78, 5) is 24.5. The van der Waals surface area contributed by atoms with Gasteiger partial charge >= 0.3 is 5.97 Å². The maximum absolute atomic E-state index is 13.0. The van der Waals surface area contributed by atoms with E-state index in [1.54, 1.807) is 0 Å². The Labute approximate surface area is 321 Å². The number of aliphatic carboxylic acids is 1. The van der Waals surface area contributed by atoms with Gasteiger partial charge < -0.3 is 45.4 Å². The molecule has 1 rings (SSSR count). The molecule has 1 saturated heterocycles. The molecule has 0 bridgehead atoms. The van der Waals surface area contributed by atoms with Crippen LogP contribution >= 0.6 is 0 Å². The van der Waals surface area contributed by atoms with Crippen LogP contribution in [0.5, 0.6) is 0 Å². The number of amides is 1. The van der Waals surface area contributed by atoms with Crippen molar-refractivity contribution in [1.29, 1.82) is 0 Å². The summed E-state index contributed by atoms with van der Waals surface area (Å²) in [6.07, 6.45) is 23.0. The number of ether oxygens (including phenoxy) is 2. The monoisotopic (exact) mass is 758 g/mol. The second kappa shape index (κ2) is 32.6. The van der Waals surface area contributed by atoms with Gasteiger partial charge in [-0.25, -0.2) is 4.79 Å². The van der Waals surface area contributed by atoms with E-state index in [-0.39, 0.29) is 13.0 Å². The third-order valence-electron chi connectivity index (χ3n) is 10.4. The van der Waals surface area contributed by atoms with E-state index < -0.39 is 60.8 Å². The Morgan fingerprint density at radius 1 is 0.623 bits per heavy atom. The van der Waals surface area contributed by atoms with Gasteiger partial charge in [-0.3, -0.25) is 4.79 Å². The molecule has 0 radical (unpaired) electrons. The van der Waals surface area contributed by atoms with Crippen LogP contribution < -0.4 is 5.32 Å². The van der Waals surface area contributed by atoms with E-state index in [0.717, 1.165) is 51.4 Å². The first-order valence-electron chi connectivity index (χ1n) is 21.5. The number of allylic oxidation sites excluding steroid dienone is 2. The third kappa shape index (κ3) is 23.8. The quantitative estimate of drug-likeness (QED) is 0.0257. The maximum atomic E-state index is 13.0. The summed E-state index contributed by atoms with van der Waals surface area (Å²) in [6.45, 7) is 4.08. The highest BCUT2D eigenvalue weighted by Gasteiger charge is 2.47. The van der Waals surface area contributed by atoms with Gasteiger partial charge in [0.25, 0.3) is 0 Å². The van der Waals surface area contributed by atoms with Crippen molar-refractivity contribution in [2.45, 2.75) is 236 Å². The Morgan fingerprint density at radius 2 is 1.06 bits per heavy atom. The number of carboxylic acid groups (broad SMARTS) is 1. The highest BCUT2D eigenvalue weighted by atomic mass is 16.7. The van der Waals surface area contributed by atoms with Crippen LogP contribution in [0.4, 0.5) is 0 Å². The average Bonchev–Trinajstić information content (AvgIpc) is 3.14. The summed E-state index contributed by atoms with van der Waals surface area (Å²) in [7, 11) is 0. The molecule has 0 aromatic rings. The van der Waals surface area contributed by atoms with Crippen LogP contribution in [-0.2, 0) is 19.1 Å². The number of hydrogen-bond acceptors (Lipinski definition) is 9. The molecule has 1 aliphatic rings. The van der Waals surface area contributed by atoms with Gasteiger partial charge in [0.2, 0.25) is 5.91 Å². The third-order valence-corrected chi connectivity index (χ3v) is 10.4. The van der Waals surface area contributed by atoms with E-state index in [1.165, 1.54) is 96.3 Å². The second-order valence-electron chi connectivity index (χ2n) is 15.3. The Hall–Kier alpha value is -1.60. The first kappa shape index (κ1) is 49.4. The predicted molar refractivity (Wildman–Crippen MR) is 209 cm³/mol. The van der Waals surface area contributed by atoms with E-state index in [4.69, 9.17) is 9.47 Å². The SMILES string of the molecule is CCCCCC/C=C/CCCCCCCCCC(O)C(CO[C@H]1O[C@H](C(=O)O)[C@@H](O)[C@H](O)[C@H]1O)NC(=O)[C@@H](O)CCCCCCCCCCCCCC.